The fourth-order valence-corrected chi connectivity index (χ4v) is 1.90. The zero-order chi connectivity index (χ0) is 16.0. The van der Waals surface area contributed by atoms with Crippen molar-refractivity contribution in [2.24, 2.45) is 0 Å². The van der Waals surface area contributed by atoms with E-state index in [1.54, 1.807) is 0 Å². The number of nitrogen functional groups attached to an aromatic ring is 1. The van der Waals surface area contributed by atoms with Crippen LogP contribution in [0.2, 0.25) is 0 Å². The normalized spacial score (nSPS) is 11.7. The number of aliphatic hydroxyl groups is 1. The third-order valence-corrected chi connectivity index (χ3v) is 3.97. The molecule has 0 unspecified atom stereocenters. The Hall–Kier alpha value is -1.59. The highest BCUT2D eigenvalue weighted by atomic mass is 16.3. The summed E-state index contributed by atoms with van der Waals surface area (Å²) < 4.78 is 0. The number of hydrogen-bond donors (Lipinski definition) is 3. The van der Waals surface area contributed by atoms with E-state index < -0.39 is 0 Å². The number of nitrogens with one attached hydrogen (secondary N) is 1. The van der Waals surface area contributed by atoms with Gasteiger partial charge in [0, 0.05) is 23.3 Å². The monoisotopic (exact) mass is 293 g/mol. The smallest absolute Gasteiger partial charge is 0.224 e. The Labute approximate surface area is 127 Å². The SMILES string of the molecule is Cc1c(N)cccc1NC(=O)CCCN(C)C(C)(C)CO. The summed E-state index contributed by atoms with van der Waals surface area (Å²) in [6.07, 6.45) is 1.19. The summed E-state index contributed by atoms with van der Waals surface area (Å²) in [7, 11) is 1.95. The Morgan fingerprint density at radius 1 is 1.43 bits per heavy atom. The van der Waals surface area contributed by atoms with Gasteiger partial charge in [-0.25, -0.2) is 0 Å². The molecule has 0 saturated carbocycles. The van der Waals surface area contributed by atoms with Crippen molar-refractivity contribution in [1.29, 1.82) is 0 Å². The molecule has 1 aromatic carbocycles. The first kappa shape index (κ1) is 17.5. The van der Waals surface area contributed by atoms with Gasteiger partial charge in [0.25, 0.3) is 0 Å². The van der Waals surface area contributed by atoms with Crippen molar-refractivity contribution in [1.82, 2.24) is 4.90 Å². The first-order chi connectivity index (χ1) is 9.77. The molecule has 118 valence electrons. The molecule has 0 radical (unpaired) electrons. The molecule has 0 aliphatic rings. The zero-order valence-corrected chi connectivity index (χ0v) is 13.4. The highest BCUT2D eigenvalue weighted by Gasteiger charge is 2.21. The average molecular weight is 293 g/mol. The molecule has 0 atom stereocenters. The van der Waals surface area contributed by atoms with E-state index in [0.717, 1.165) is 24.2 Å². The minimum Gasteiger partial charge on any atom is -0.398 e. The Morgan fingerprint density at radius 3 is 2.71 bits per heavy atom. The molecule has 0 fully saturated rings. The molecule has 5 nitrogen and oxygen atoms in total. The largest absolute Gasteiger partial charge is 0.398 e. The lowest BCUT2D eigenvalue weighted by Gasteiger charge is -2.33. The summed E-state index contributed by atoms with van der Waals surface area (Å²) in [4.78, 5) is 14.0. The van der Waals surface area contributed by atoms with E-state index in [1.807, 2.05) is 46.0 Å². The summed E-state index contributed by atoms with van der Waals surface area (Å²) >= 11 is 0. The van der Waals surface area contributed by atoms with Crippen molar-refractivity contribution < 1.29 is 9.90 Å². The lowest BCUT2D eigenvalue weighted by Crippen LogP contribution is -2.44. The van der Waals surface area contributed by atoms with Gasteiger partial charge in [0.15, 0.2) is 0 Å². The minimum atomic E-state index is -0.263. The molecular formula is C16H27N3O2. The molecule has 0 aliphatic heterocycles. The van der Waals surface area contributed by atoms with Gasteiger partial charge in [-0.1, -0.05) is 6.07 Å². The van der Waals surface area contributed by atoms with Gasteiger partial charge >= 0.3 is 0 Å². The number of nitrogens with zero attached hydrogens (tertiary/aromatic N) is 1. The molecule has 1 aromatic rings. The van der Waals surface area contributed by atoms with Crippen LogP contribution in [0.15, 0.2) is 18.2 Å². The number of hydrogen-bond acceptors (Lipinski definition) is 4. The van der Waals surface area contributed by atoms with E-state index in [-0.39, 0.29) is 18.1 Å². The number of amides is 1. The maximum Gasteiger partial charge on any atom is 0.224 e. The van der Waals surface area contributed by atoms with Gasteiger partial charge in [-0.05, 0) is 58.5 Å². The first-order valence-corrected chi connectivity index (χ1v) is 7.25. The number of rotatable bonds is 7. The van der Waals surface area contributed by atoms with Crippen LogP contribution in [0, 0.1) is 6.92 Å². The zero-order valence-electron chi connectivity index (χ0n) is 13.4. The number of carbonyl (C=O) groups excluding carboxylic acids is 1. The Morgan fingerprint density at radius 2 is 2.10 bits per heavy atom. The lowest BCUT2D eigenvalue weighted by atomic mass is 10.0. The summed E-state index contributed by atoms with van der Waals surface area (Å²) in [6, 6.07) is 5.50. The molecular weight excluding hydrogens is 266 g/mol. The van der Waals surface area contributed by atoms with Crippen LogP contribution in [0.3, 0.4) is 0 Å². The fourth-order valence-electron chi connectivity index (χ4n) is 1.90. The topological polar surface area (TPSA) is 78.6 Å². The Kier molecular flexibility index (Phi) is 6.18. The predicted octanol–water partition coefficient (Wildman–Crippen LogP) is 2.00. The van der Waals surface area contributed by atoms with Crippen LogP contribution in [0.5, 0.6) is 0 Å². The summed E-state index contributed by atoms with van der Waals surface area (Å²) in [6.45, 7) is 6.70. The third-order valence-electron chi connectivity index (χ3n) is 3.97. The van der Waals surface area contributed by atoms with Crippen LogP contribution in [0.4, 0.5) is 11.4 Å². The molecule has 0 aromatic heterocycles. The third kappa shape index (κ3) is 5.02. The fraction of sp³-hybridized carbons (Fsp3) is 0.562. The van der Waals surface area contributed by atoms with Gasteiger partial charge in [0.1, 0.15) is 0 Å². The highest BCUT2D eigenvalue weighted by molar-refractivity contribution is 5.92. The molecule has 1 amide bonds. The minimum absolute atomic E-state index is 0.0149. The molecule has 21 heavy (non-hydrogen) atoms. The lowest BCUT2D eigenvalue weighted by molar-refractivity contribution is -0.116. The molecule has 0 heterocycles. The molecule has 0 bridgehead atoms. The summed E-state index contributed by atoms with van der Waals surface area (Å²) in [5.41, 5.74) is 7.89. The number of nitrogens with two attached hydrogens (primary N) is 1. The van der Waals surface area contributed by atoms with E-state index in [1.165, 1.54) is 0 Å². The second-order valence-electron chi connectivity index (χ2n) is 6.06. The van der Waals surface area contributed by atoms with E-state index in [0.29, 0.717) is 12.1 Å². The molecule has 0 saturated heterocycles. The van der Waals surface area contributed by atoms with E-state index in [4.69, 9.17) is 5.73 Å². The van der Waals surface area contributed by atoms with Crippen LogP contribution >= 0.6 is 0 Å². The van der Waals surface area contributed by atoms with E-state index >= 15 is 0 Å². The van der Waals surface area contributed by atoms with Gasteiger partial charge in [-0.15, -0.1) is 0 Å². The van der Waals surface area contributed by atoms with E-state index in [2.05, 4.69) is 10.2 Å². The van der Waals surface area contributed by atoms with Crippen molar-refractivity contribution in [3.05, 3.63) is 23.8 Å². The van der Waals surface area contributed by atoms with Gasteiger partial charge in [-0.2, -0.15) is 0 Å². The summed E-state index contributed by atoms with van der Waals surface area (Å²) in [5, 5.41) is 12.2. The van der Waals surface area contributed by atoms with Crippen LogP contribution in [0.1, 0.15) is 32.3 Å². The molecule has 1 rings (SSSR count). The predicted molar refractivity (Wildman–Crippen MR) is 87.2 cm³/mol. The Balaban J connectivity index is 2.43. The number of aliphatic hydroxyl groups excluding tert-OH is 1. The van der Waals surface area contributed by atoms with Crippen molar-refractivity contribution >= 4 is 17.3 Å². The van der Waals surface area contributed by atoms with Crippen molar-refractivity contribution in [2.45, 2.75) is 39.2 Å². The van der Waals surface area contributed by atoms with Crippen molar-refractivity contribution in [3.63, 3.8) is 0 Å². The number of carbonyl (C=O) groups is 1. The van der Waals surface area contributed by atoms with Crippen LogP contribution in [0.25, 0.3) is 0 Å². The first-order valence-electron chi connectivity index (χ1n) is 7.25. The standard InChI is InChI=1S/C16H27N3O2/c1-12-13(17)7-5-8-14(12)18-15(21)9-6-10-19(4)16(2,3)11-20/h5,7-8,20H,6,9-11,17H2,1-4H3,(H,18,21). The van der Waals surface area contributed by atoms with E-state index in [9.17, 15) is 9.90 Å². The maximum absolute atomic E-state index is 12.0. The maximum atomic E-state index is 12.0. The quantitative estimate of drug-likeness (QED) is 0.672. The van der Waals surface area contributed by atoms with Crippen LogP contribution in [-0.4, -0.2) is 41.7 Å². The highest BCUT2D eigenvalue weighted by Crippen LogP contribution is 2.20. The van der Waals surface area contributed by atoms with Gasteiger partial charge in [0.05, 0.1) is 6.61 Å². The second-order valence-corrected chi connectivity index (χ2v) is 6.06. The number of anilines is 2. The molecule has 5 heteroatoms. The van der Waals surface area contributed by atoms with Gasteiger partial charge in [-0.3, -0.25) is 9.69 Å². The number of benzene rings is 1. The van der Waals surface area contributed by atoms with Crippen molar-refractivity contribution in [3.8, 4) is 0 Å². The second kappa shape index (κ2) is 7.43. The molecule has 0 spiro atoms. The van der Waals surface area contributed by atoms with Crippen LogP contribution < -0.4 is 11.1 Å². The van der Waals surface area contributed by atoms with Gasteiger partial charge in [0.2, 0.25) is 5.91 Å². The van der Waals surface area contributed by atoms with Crippen molar-refractivity contribution in [2.75, 3.05) is 31.2 Å². The summed E-state index contributed by atoms with van der Waals surface area (Å²) in [5.74, 6) is -0.0149. The molecule has 0 aliphatic carbocycles. The average Bonchev–Trinajstić information content (AvgIpc) is 2.43. The number of likely N-dealkylation sites (N-methyl/N-ethyl adjacent to an activating group) is 1. The molecule has 4 N–H and O–H groups in total. The van der Waals surface area contributed by atoms with Crippen LogP contribution in [-0.2, 0) is 4.79 Å². The Bertz CT molecular complexity index is 486. The van der Waals surface area contributed by atoms with Gasteiger partial charge < -0.3 is 16.2 Å².